The highest BCUT2D eigenvalue weighted by atomic mass is 16.1. The van der Waals surface area contributed by atoms with Crippen LogP contribution in [0.3, 0.4) is 0 Å². The summed E-state index contributed by atoms with van der Waals surface area (Å²) in [5, 5.41) is 0. The van der Waals surface area contributed by atoms with Gasteiger partial charge >= 0.3 is 0 Å². The molecule has 0 aliphatic heterocycles. The monoisotopic (exact) mass is 188 g/mol. The van der Waals surface area contributed by atoms with Crippen LogP contribution >= 0.6 is 0 Å². The second-order valence-corrected chi connectivity index (χ2v) is 4.41. The van der Waals surface area contributed by atoms with E-state index in [1.54, 1.807) is 0 Å². The van der Waals surface area contributed by atoms with Gasteiger partial charge in [-0.2, -0.15) is 0 Å². The lowest BCUT2D eigenvalue weighted by Gasteiger charge is -2.03. The molecule has 0 amide bonds. The van der Waals surface area contributed by atoms with E-state index in [1.807, 2.05) is 0 Å². The van der Waals surface area contributed by atoms with Crippen molar-refractivity contribution < 1.29 is 4.79 Å². The zero-order chi connectivity index (χ0) is 10.1. The Morgan fingerprint density at radius 1 is 1.21 bits per heavy atom. The molecular weight excluding hydrogens is 172 g/mol. The van der Waals surface area contributed by atoms with Crippen molar-refractivity contribution in [2.45, 2.75) is 33.1 Å². The molecule has 1 aromatic rings. The van der Waals surface area contributed by atoms with E-state index >= 15 is 0 Å². The van der Waals surface area contributed by atoms with Crippen molar-refractivity contribution in [2.24, 2.45) is 5.92 Å². The van der Waals surface area contributed by atoms with Crippen LogP contribution in [0.5, 0.6) is 0 Å². The van der Waals surface area contributed by atoms with Gasteiger partial charge in [-0.05, 0) is 32.3 Å². The van der Waals surface area contributed by atoms with Gasteiger partial charge in [-0.3, -0.25) is 4.79 Å². The molecule has 0 radical (unpaired) electrons. The number of carbonyl (C=O) groups excluding carboxylic acids is 1. The zero-order valence-corrected chi connectivity index (χ0v) is 8.84. The van der Waals surface area contributed by atoms with Crippen molar-refractivity contribution in [3.63, 3.8) is 0 Å². The third kappa shape index (κ3) is 2.22. The Labute approximate surface area is 85.1 Å². The number of benzene rings is 1. The van der Waals surface area contributed by atoms with E-state index in [9.17, 15) is 4.79 Å². The molecule has 1 aromatic carbocycles. The highest BCUT2D eigenvalue weighted by Crippen LogP contribution is 2.31. The van der Waals surface area contributed by atoms with Crippen LogP contribution in [0.25, 0.3) is 0 Å². The number of ketones is 1. The molecule has 14 heavy (non-hydrogen) atoms. The van der Waals surface area contributed by atoms with Crippen molar-refractivity contribution in [2.75, 3.05) is 0 Å². The Bertz CT molecular complexity index is 341. The molecule has 1 fully saturated rings. The maximum Gasteiger partial charge on any atom is 0.140 e. The second kappa shape index (κ2) is 3.56. The van der Waals surface area contributed by atoms with Gasteiger partial charge in [0.1, 0.15) is 5.78 Å². The average Bonchev–Trinajstić information content (AvgIpc) is 2.82. The van der Waals surface area contributed by atoms with Crippen LogP contribution in [0.4, 0.5) is 0 Å². The number of Topliss-reactive ketones (excluding diaryl/α,β-unsaturated/α-hetero) is 1. The fourth-order valence-corrected chi connectivity index (χ4v) is 1.92. The van der Waals surface area contributed by atoms with Crippen molar-refractivity contribution in [1.82, 2.24) is 0 Å². The molecule has 1 aliphatic carbocycles. The number of aryl methyl sites for hydroxylation is 2. The van der Waals surface area contributed by atoms with Crippen molar-refractivity contribution in [1.29, 1.82) is 0 Å². The quantitative estimate of drug-likeness (QED) is 0.713. The Morgan fingerprint density at radius 2 is 1.79 bits per heavy atom. The van der Waals surface area contributed by atoms with Crippen molar-refractivity contribution >= 4 is 5.78 Å². The van der Waals surface area contributed by atoms with Gasteiger partial charge in [0.2, 0.25) is 0 Å². The summed E-state index contributed by atoms with van der Waals surface area (Å²) < 4.78 is 0. The SMILES string of the molecule is Cc1cc(C)cc(CC(=O)C2CC2)c1. The predicted molar refractivity (Wildman–Crippen MR) is 57.4 cm³/mol. The standard InChI is InChI=1S/C13H16O/c1-9-5-10(2)7-11(6-9)8-13(14)12-3-4-12/h5-7,12H,3-4,8H2,1-2H3. The van der Waals surface area contributed by atoms with Gasteiger partial charge in [0.25, 0.3) is 0 Å². The van der Waals surface area contributed by atoms with Gasteiger partial charge in [-0.25, -0.2) is 0 Å². The molecule has 1 aliphatic rings. The number of hydrogen-bond donors (Lipinski definition) is 0. The predicted octanol–water partition coefficient (Wildman–Crippen LogP) is 2.83. The van der Waals surface area contributed by atoms with Gasteiger partial charge in [0, 0.05) is 12.3 Å². The Hall–Kier alpha value is -1.11. The molecule has 0 unspecified atom stereocenters. The summed E-state index contributed by atoms with van der Waals surface area (Å²) in [6.07, 6.45) is 2.86. The van der Waals surface area contributed by atoms with E-state index in [0.29, 0.717) is 18.1 Å². The van der Waals surface area contributed by atoms with Gasteiger partial charge in [-0.15, -0.1) is 0 Å². The van der Waals surface area contributed by atoms with E-state index < -0.39 is 0 Å². The lowest BCUT2D eigenvalue weighted by molar-refractivity contribution is -0.119. The summed E-state index contributed by atoms with van der Waals surface area (Å²) in [7, 11) is 0. The summed E-state index contributed by atoms with van der Waals surface area (Å²) >= 11 is 0. The first-order chi connectivity index (χ1) is 6.65. The third-order valence-electron chi connectivity index (χ3n) is 2.69. The number of rotatable bonds is 3. The number of carbonyl (C=O) groups is 1. The van der Waals surface area contributed by atoms with Crippen LogP contribution < -0.4 is 0 Å². The normalized spacial score (nSPS) is 15.6. The van der Waals surface area contributed by atoms with Crippen LogP contribution in [0.15, 0.2) is 18.2 Å². The minimum atomic E-state index is 0.385. The molecule has 0 spiro atoms. The fraction of sp³-hybridized carbons (Fsp3) is 0.462. The lowest BCUT2D eigenvalue weighted by Crippen LogP contribution is -2.04. The molecule has 1 saturated carbocycles. The van der Waals surface area contributed by atoms with Crippen LogP contribution in [-0.2, 0) is 11.2 Å². The van der Waals surface area contributed by atoms with E-state index in [4.69, 9.17) is 0 Å². The molecule has 0 bridgehead atoms. The van der Waals surface area contributed by atoms with Crippen molar-refractivity contribution in [3.8, 4) is 0 Å². The minimum Gasteiger partial charge on any atom is -0.299 e. The Balaban J connectivity index is 2.11. The smallest absolute Gasteiger partial charge is 0.140 e. The zero-order valence-electron chi connectivity index (χ0n) is 8.84. The first kappa shape index (κ1) is 9.45. The minimum absolute atomic E-state index is 0.385. The van der Waals surface area contributed by atoms with Crippen molar-refractivity contribution in [3.05, 3.63) is 34.9 Å². The van der Waals surface area contributed by atoms with Crippen LogP contribution in [-0.4, -0.2) is 5.78 Å². The molecule has 1 heteroatoms. The topological polar surface area (TPSA) is 17.1 Å². The molecule has 0 N–H and O–H groups in total. The average molecular weight is 188 g/mol. The first-order valence-corrected chi connectivity index (χ1v) is 5.25. The molecular formula is C13H16O. The molecule has 2 rings (SSSR count). The second-order valence-electron chi connectivity index (χ2n) is 4.41. The Morgan fingerprint density at radius 3 is 2.29 bits per heavy atom. The molecule has 0 aromatic heterocycles. The van der Waals surface area contributed by atoms with Gasteiger partial charge in [-0.1, -0.05) is 29.3 Å². The highest BCUT2D eigenvalue weighted by molar-refractivity contribution is 5.85. The summed E-state index contributed by atoms with van der Waals surface area (Å²) in [6.45, 7) is 4.16. The lowest BCUT2D eigenvalue weighted by atomic mass is 10.0. The summed E-state index contributed by atoms with van der Waals surface area (Å²) in [5.74, 6) is 0.811. The van der Waals surface area contributed by atoms with Crippen LogP contribution in [0.1, 0.15) is 29.5 Å². The van der Waals surface area contributed by atoms with Crippen LogP contribution in [0.2, 0.25) is 0 Å². The molecule has 0 heterocycles. The van der Waals surface area contributed by atoms with E-state index in [1.165, 1.54) is 16.7 Å². The highest BCUT2D eigenvalue weighted by Gasteiger charge is 2.28. The summed E-state index contributed by atoms with van der Waals surface area (Å²) in [6, 6.07) is 6.38. The molecule has 1 nitrogen and oxygen atoms in total. The molecule has 0 atom stereocenters. The summed E-state index contributed by atoms with van der Waals surface area (Å²) in [4.78, 5) is 11.6. The maximum atomic E-state index is 11.6. The maximum absolute atomic E-state index is 11.6. The van der Waals surface area contributed by atoms with Crippen LogP contribution in [0, 0.1) is 19.8 Å². The molecule has 0 saturated heterocycles. The van der Waals surface area contributed by atoms with Gasteiger partial charge in [0.15, 0.2) is 0 Å². The summed E-state index contributed by atoms with van der Waals surface area (Å²) in [5.41, 5.74) is 3.69. The Kier molecular flexibility index (Phi) is 2.40. The third-order valence-corrected chi connectivity index (χ3v) is 2.69. The largest absolute Gasteiger partial charge is 0.299 e. The number of hydrogen-bond acceptors (Lipinski definition) is 1. The van der Waals surface area contributed by atoms with Gasteiger partial charge < -0.3 is 0 Å². The van der Waals surface area contributed by atoms with Gasteiger partial charge in [0.05, 0.1) is 0 Å². The van der Waals surface area contributed by atoms with E-state index in [-0.39, 0.29) is 0 Å². The van der Waals surface area contributed by atoms with E-state index in [0.717, 1.165) is 12.8 Å². The van der Waals surface area contributed by atoms with E-state index in [2.05, 4.69) is 32.0 Å². The molecule has 74 valence electrons. The first-order valence-electron chi connectivity index (χ1n) is 5.25. The fourth-order valence-electron chi connectivity index (χ4n) is 1.92.